The van der Waals surface area contributed by atoms with Crippen LogP contribution >= 0.6 is 0 Å². The van der Waals surface area contributed by atoms with Gasteiger partial charge in [0, 0.05) is 12.1 Å². The Morgan fingerprint density at radius 1 is 1.14 bits per heavy atom. The van der Waals surface area contributed by atoms with Gasteiger partial charge in [0.2, 0.25) is 5.75 Å². The molecule has 116 valence electrons. The Bertz CT molecular complexity index is 678. The zero-order valence-corrected chi connectivity index (χ0v) is 13.1. The van der Waals surface area contributed by atoms with Gasteiger partial charge in [0.05, 0.1) is 21.3 Å². The van der Waals surface area contributed by atoms with Gasteiger partial charge in [-0.25, -0.2) is 4.68 Å². The summed E-state index contributed by atoms with van der Waals surface area (Å²) in [5.41, 5.74) is 1.65. The number of hydrogen-bond donors (Lipinski definition) is 0. The van der Waals surface area contributed by atoms with Crippen LogP contribution in [0.2, 0.25) is 0 Å². The first kappa shape index (κ1) is 15.6. The largest absolute Gasteiger partial charge is 0.493 e. The van der Waals surface area contributed by atoms with Gasteiger partial charge in [-0.2, -0.15) is 5.26 Å². The van der Waals surface area contributed by atoms with E-state index >= 15 is 0 Å². The van der Waals surface area contributed by atoms with Crippen molar-refractivity contribution in [3.8, 4) is 34.6 Å². The van der Waals surface area contributed by atoms with Crippen molar-refractivity contribution in [3.63, 3.8) is 0 Å². The zero-order chi connectivity index (χ0) is 16.1. The molecule has 0 fully saturated rings. The molecule has 0 aliphatic rings. The molecule has 0 aliphatic carbocycles. The van der Waals surface area contributed by atoms with E-state index in [4.69, 9.17) is 14.2 Å². The molecule has 7 heteroatoms. The fourth-order valence-corrected chi connectivity index (χ4v) is 2.26. The van der Waals surface area contributed by atoms with Crippen LogP contribution in [0.25, 0.3) is 11.3 Å². The summed E-state index contributed by atoms with van der Waals surface area (Å²) in [5.74, 6) is 1.54. The van der Waals surface area contributed by atoms with Crippen LogP contribution < -0.4 is 14.2 Å². The minimum Gasteiger partial charge on any atom is -0.493 e. The second-order valence-corrected chi connectivity index (χ2v) is 4.54. The Balaban J connectivity index is 2.67. The van der Waals surface area contributed by atoms with E-state index in [2.05, 4.69) is 16.4 Å². The number of rotatable bonds is 6. The molecule has 1 aromatic carbocycles. The summed E-state index contributed by atoms with van der Waals surface area (Å²) in [5, 5.41) is 17.2. The van der Waals surface area contributed by atoms with Gasteiger partial charge in [0.15, 0.2) is 17.2 Å². The summed E-state index contributed by atoms with van der Waals surface area (Å²) >= 11 is 0. The van der Waals surface area contributed by atoms with Crippen molar-refractivity contribution in [3.05, 3.63) is 17.8 Å². The third kappa shape index (κ3) is 2.68. The molecule has 0 unspecified atom stereocenters. The smallest absolute Gasteiger partial charge is 0.203 e. The first-order chi connectivity index (χ1) is 10.7. The van der Waals surface area contributed by atoms with Gasteiger partial charge in [0.1, 0.15) is 11.8 Å². The lowest BCUT2D eigenvalue weighted by atomic mass is 10.1. The second kappa shape index (κ2) is 6.80. The number of methoxy groups -OCH3 is 3. The number of nitrogens with zero attached hydrogens (tertiary/aromatic N) is 4. The van der Waals surface area contributed by atoms with Gasteiger partial charge in [-0.3, -0.25) is 0 Å². The Labute approximate surface area is 129 Å². The first-order valence-corrected chi connectivity index (χ1v) is 6.84. The topological polar surface area (TPSA) is 82.2 Å². The fourth-order valence-electron chi connectivity index (χ4n) is 2.26. The van der Waals surface area contributed by atoms with E-state index in [0.29, 0.717) is 29.5 Å². The van der Waals surface area contributed by atoms with E-state index in [0.717, 1.165) is 12.0 Å². The van der Waals surface area contributed by atoms with Gasteiger partial charge in [-0.05, 0) is 18.6 Å². The number of nitriles is 1. The normalized spacial score (nSPS) is 10.1. The molecule has 0 spiro atoms. The lowest BCUT2D eigenvalue weighted by molar-refractivity contribution is 0.324. The van der Waals surface area contributed by atoms with E-state index < -0.39 is 0 Å². The van der Waals surface area contributed by atoms with Crippen LogP contribution in [-0.2, 0) is 6.54 Å². The van der Waals surface area contributed by atoms with Gasteiger partial charge in [-0.15, -0.1) is 5.10 Å². The molecule has 0 radical (unpaired) electrons. The van der Waals surface area contributed by atoms with E-state index in [9.17, 15) is 5.26 Å². The molecule has 0 aliphatic heterocycles. The molecular weight excluding hydrogens is 284 g/mol. The van der Waals surface area contributed by atoms with Gasteiger partial charge in [0.25, 0.3) is 0 Å². The van der Waals surface area contributed by atoms with Gasteiger partial charge in [-0.1, -0.05) is 12.1 Å². The Hall–Kier alpha value is -2.75. The lowest BCUT2D eigenvalue weighted by Crippen LogP contribution is -2.03. The van der Waals surface area contributed by atoms with E-state index in [1.807, 2.05) is 6.92 Å². The molecular formula is C15H18N4O3. The molecule has 0 amide bonds. The second-order valence-electron chi connectivity index (χ2n) is 4.54. The molecule has 0 bridgehead atoms. The Morgan fingerprint density at radius 2 is 1.77 bits per heavy atom. The number of ether oxygens (including phenoxy) is 3. The summed E-state index contributed by atoms with van der Waals surface area (Å²) in [7, 11) is 4.64. The first-order valence-electron chi connectivity index (χ1n) is 6.84. The molecule has 0 N–H and O–H groups in total. The van der Waals surface area contributed by atoms with E-state index in [1.54, 1.807) is 38.1 Å². The highest BCUT2D eigenvalue weighted by atomic mass is 16.5. The highest BCUT2D eigenvalue weighted by Gasteiger charge is 2.20. The standard InChI is InChI=1S/C15H18N4O3/c1-5-6-19-14(11(9-16)17-18-19)10-7-12(20-2)15(22-4)13(8-10)21-3/h7-8H,5-6H2,1-4H3. The van der Waals surface area contributed by atoms with E-state index in [1.165, 1.54) is 0 Å². The summed E-state index contributed by atoms with van der Waals surface area (Å²) < 4.78 is 17.7. The highest BCUT2D eigenvalue weighted by Crippen LogP contribution is 2.41. The molecule has 7 nitrogen and oxygen atoms in total. The lowest BCUT2D eigenvalue weighted by Gasteiger charge is -2.14. The SMILES string of the molecule is CCCn1nnc(C#N)c1-c1cc(OC)c(OC)c(OC)c1. The van der Waals surface area contributed by atoms with Crippen molar-refractivity contribution in [2.45, 2.75) is 19.9 Å². The maximum Gasteiger partial charge on any atom is 0.203 e. The maximum absolute atomic E-state index is 9.26. The summed E-state index contributed by atoms with van der Waals surface area (Å²) in [6.45, 7) is 2.70. The number of hydrogen-bond acceptors (Lipinski definition) is 6. The van der Waals surface area contributed by atoms with Crippen LogP contribution in [0.4, 0.5) is 0 Å². The highest BCUT2D eigenvalue weighted by molar-refractivity contribution is 5.71. The Kier molecular flexibility index (Phi) is 4.84. The van der Waals surface area contributed by atoms with Crippen LogP contribution in [-0.4, -0.2) is 36.3 Å². The minimum absolute atomic E-state index is 0.266. The van der Waals surface area contributed by atoms with Crippen LogP contribution in [0.15, 0.2) is 12.1 Å². The number of aryl methyl sites for hydroxylation is 1. The fraction of sp³-hybridized carbons (Fsp3) is 0.400. The third-order valence-corrected chi connectivity index (χ3v) is 3.21. The zero-order valence-electron chi connectivity index (χ0n) is 13.1. The van der Waals surface area contributed by atoms with Crippen LogP contribution in [0.1, 0.15) is 19.0 Å². The predicted molar refractivity (Wildman–Crippen MR) is 80.1 cm³/mol. The van der Waals surface area contributed by atoms with Crippen molar-refractivity contribution in [1.82, 2.24) is 15.0 Å². The quantitative estimate of drug-likeness (QED) is 0.814. The van der Waals surface area contributed by atoms with Crippen LogP contribution in [0.3, 0.4) is 0 Å². The third-order valence-electron chi connectivity index (χ3n) is 3.21. The van der Waals surface area contributed by atoms with Gasteiger partial charge >= 0.3 is 0 Å². The molecule has 1 heterocycles. The molecule has 22 heavy (non-hydrogen) atoms. The van der Waals surface area contributed by atoms with E-state index in [-0.39, 0.29) is 5.69 Å². The van der Waals surface area contributed by atoms with Crippen LogP contribution in [0.5, 0.6) is 17.2 Å². The average Bonchev–Trinajstić information content (AvgIpc) is 2.96. The average molecular weight is 302 g/mol. The molecule has 2 rings (SSSR count). The molecule has 2 aromatic rings. The number of benzene rings is 1. The molecule has 1 aromatic heterocycles. The predicted octanol–water partition coefficient (Wildman–Crippen LogP) is 2.25. The molecule has 0 saturated carbocycles. The summed E-state index contributed by atoms with van der Waals surface area (Å²) in [6, 6.07) is 5.64. The van der Waals surface area contributed by atoms with Crippen molar-refractivity contribution in [1.29, 1.82) is 5.26 Å². The van der Waals surface area contributed by atoms with Crippen molar-refractivity contribution in [2.24, 2.45) is 0 Å². The van der Waals surface area contributed by atoms with Crippen LogP contribution in [0, 0.1) is 11.3 Å². The van der Waals surface area contributed by atoms with Crippen molar-refractivity contribution in [2.75, 3.05) is 21.3 Å². The summed E-state index contributed by atoms with van der Waals surface area (Å²) in [6.07, 6.45) is 0.881. The maximum atomic E-state index is 9.26. The number of aromatic nitrogens is 3. The van der Waals surface area contributed by atoms with Crippen molar-refractivity contribution >= 4 is 0 Å². The summed E-state index contributed by atoms with van der Waals surface area (Å²) in [4.78, 5) is 0. The Morgan fingerprint density at radius 3 is 2.23 bits per heavy atom. The monoisotopic (exact) mass is 302 g/mol. The molecule has 0 saturated heterocycles. The van der Waals surface area contributed by atoms with Crippen molar-refractivity contribution < 1.29 is 14.2 Å². The minimum atomic E-state index is 0.266. The molecule has 0 atom stereocenters. The van der Waals surface area contributed by atoms with Gasteiger partial charge < -0.3 is 14.2 Å².